The number of rotatable bonds is 5. The van der Waals surface area contributed by atoms with E-state index in [9.17, 15) is 9.59 Å². The molecule has 0 atom stereocenters. The predicted molar refractivity (Wildman–Crippen MR) is 93.1 cm³/mol. The quantitative estimate of drug-likeness (QED) is 0.850. The number of carbonyl (C=O) groups is 2. The molecule has 1 saturated heterocycles. The zero-order chi connectivity index (χ0) is 16.8. The molecule has 0 bridgehead atoms. The summed E-state index contributed by atoms with van der Waals surface area (Å²) in [6.07, 6.45) is 1.01. The molecule has 126 valence electrons. The number of hydrogen-bond donors (Lipinski definition) is 1. The van der Waals surface area contributed by atoms with E-state index in [0.717, 1.165) is 50.4 Å². The van der Waals surface area contributed by atoms with Crippen molar-refractivity contribution >= 4 is 17.5 Å². The number of ketones is 1. The second-order valence-electron chi connectivity index (χ2n) is 6.49. The first-order valence-electron chi connectivity index (χ1n) is 8.36. The molecule has 1 aromatic carbocycles. The summed E-state index contributed by atoms with van der Waals surface area (Å²) in [6, 6.07) is 7.73. The van der Waals surface area contributed by atoms with Gasteiger partial charge in [0, 0.05) is 44.0 Å². The summed E-state index contributed by atoms with van der Waals surface area (Å²) < 4.78 is 0. The number of carbonyl (C=O) groups excluding carboxylic acids is 2. The van der Waals surface area contributed by atoms with E-state index in [2.05, 4.69) is 24.1 Å². The van der Waals surface area contributed by atoms with Crippen molar-refractivity contribution in [3.8, 4) is 0 Å². The number of benzene rings is 1. The molecule has 0 radical (unpaired) electrons. The Bertz CT molecular complexity index is 532. The fraction of sp³-hybridized carbons (Fsp3) is 0.556. The van der Waals surface area contributed by atoms with Crippen molar-refractivity contribution in [2.45, 2.75) is 27.2 Å². The van der Waals surface area contributed by atoms with Crippen LogP contribution in [-0.2, 0) is 0 Å². The molecule has 1 fully saturated rings. The number of nitrogens with zero attached hydrogens (tertiary/aromatic N) is 2. The first-order chi connectivity index (χ1) is 11.0. The zero-order valence-electron chi connectivity index (χ0n) is 14.3. The Labute approximate surface area is 138 Å². The van der Waals surface area contributed by atoms with Crippen LogP contribution >= 0.6 is 0 Å². The van der Waals surface area contributed by atoms with Gasteiger partial charge in [-0.05, 0) is 43.5 Å². The largest absolute Gasteiger partial charge is 0.368 e. The first kappa shape index (κ1) is 17.3. The highest BCUT2D eigenvalue weighted by Crippen LogP contribution is 2.17. The molecule has 1 N–H and O–H groups in total. The van der Waals surface area contributed by atoms with Crippen LogP contribution in [0.4, 0.5) is 10.5 Å². The third-order valence-corrected chi connectivity index (χ3v) is 4.20. The molecule has 0 unspecified atom stereocenters. The van der Waals surface area contributed by atoms with Gasteiger partial charge in [-0.2, -0.15) is 0 Å². The van der Waals surface area contributed by atoms with Gasteiger partial charge in [-0.15, -0.1) is 0 Å². The van der Waals surface area contributed by atoms with E-state index >= 15 is 0 Å². The van der Waals surface area contributed by atoms with Crippen LogP contribution in [0.5, 0.6) is 0 Å². The predicted octanol–water partition coefficient (Wildman–Crippen LogP) is 2.77. The lowest BCUT2D eigenvalue weighted by Crippen LogP contribution is -2.52. The lowest BCUT2D eigenvalue weighted by Gasteiger charge is -2.36. The van der Waals surface area contributed by atoms with Crippen LogP contribution < -0.4 is 10.2 Å². The minimum absolute atomic E-state index is 0.0391. The molecule has 0 aromatic heterocycles. The van der Waals surface area contributed by atoms with Gasteiger partial charge < -0.3 is 15.1 Å². The van der Waals surface area contributed by atoms with Crippen molar-refractivity contribution in [2.24, 2.45) is 5.92 Å². The summed E-state index contributed by atoms with van der Waals surface area (Å²) in [7, 11) is 0. The molecule has 5 heteroatoms. The topological polar surface area (TPSA) is 52.7 Å². The Morgan fingerprint density at radius 2 is 1.70 bits per heavy atom. The van der Waals surface area contributed by atoms with Crippen LogP contribution in [0.15, 0.2) is 24.3 Å². The highest BCUT2D eigenvalue weighted by atomic mass is 16.2. The van der Waals surface area contributed by atoms with Gasteiger partial charge in [0.25, 0.3) is 0 Å². The number of anilines is 1. The maximum absolute atomic E-state index is 12.1. The number of amides is 2. The van der Waals surface area contributed by atoms with Crippen molar-refractivity contribution in [3.63, 3.8) is 0 Å². The maximum atomic E-state index is 12.1. The summed E-state index contributed by atoms with van der Waals surface area (Å²) in [6.45, 7) is 9.71. The molecule has 0 aliphatic carbocycles. The average Bonchev–Trinajstić information content (AvgIpc) is 2.54. The maximum Gasteiger partial charge on any atom is 0.317 e. The van der Waals surface area contributed by atoms with Gasteiger partial charge in [-0.3, -0.25) is 4.79 Å². The minimum Gasteiger partial charge on any atom is -0.368 e. The van der Waals surface area contributed by atoms with Gasteiger partial charge in [0.15, 0.2) is 5.78 Å². The van der Waals surface area contributed by atoms with Crippen LogP contribution in [0.3, 0.4) is 0 Å². The molecule has 1 aliphatic heterocycles. The lowest BCUT2D eigenvalue weighted by molar-refractivity contribution is 0.101. The fourth-order valence-electron chi connectivity index (χ4n) is 2.65. The monoisotopic (exact) mass is 317 g/mol. The SMILES string of the molecule is CC(=O)c1ccc(N2CCN(C(=O)NCCC(C)C)CC2)cc1. The number of nitrogens with one attached hydrogen (secondary N) is 1. The molecular formula is C18H27N3O2. The van der Waals surface area contributed by atoms with Gasteiger partial charge in [-0.25, -0.2) is 4.79 Å². The molecule has 1 heterocycles. The van der Waals surface area contributed by atoms with Gasteiger partial charge in [0.2, 0.25) is 0 Å². The standard InChI is InChI=1S/C18H27N3O2/c1-14(2)8-9-19-18(23)21-12-10-20(11-13-21)17-6-4-16(5-7-17)15(3)22/h4-7,14H,8-13H2,1-3H3,(H,19,23). The van der Waals surface area contributed by atoms with Crippen LogP contribution in [0.2, 0.25) is 0 Å². The van der Waals surface area contributed by atoms with Gasteiger partial charge in [0.05, 0.1) is 0 Å². The third-order valence-electron chi connectivity index (χ3n) is 4.20. The Hall–Kier alpha value is -2.04. The Morgan fingerprint density at radius 1 is 1.09 bits per heavy atom. The lowest BCUT2D eigenvalue weighted by atomic mass is 10.1. The number of urea groups is 1. The second-order valence-corrected chi connectivity index (χ2v) is 6.49. The Kier molecular flexibility index (Phi) is 6.02. The smallest absolute Gasteiger partial charge is 0.317 e. The normalized spacial score (nSPS) is 15.0. The van der Waals surface area contributed by atoms with Crippen LogP contribution in [-0.4, -0.2) is 49.4 Å². The molecule has 5 nitrogen and oxygen atoms in total. The number of Topliss-reactive ketones (excluding diaryl/α,β-unsaturated/α-hetero) is 1. The van der Waals surface area contributed by atoms with E-state index in [4.69, 9.17) is 0 Å². The molecular weight excluding hydrogens is 290 g/mol. The first-order valence-corrected chi connectivity index (χ1v) is 8.36. The Morgan fingerprint density at radius 3 is 2.22 bits per heavy atom. The number of hydrogen-bond acceptors (Lipinski definition) is 3. The number of piperazine rings is 1. The van der Waals surface area contributed by atoms with Crippen LogP contribution in [0, 0.1) is 5.92 Å². The molecule has 1 aromatic rings. The van der Waals surface area contributed by atoms with Crippen molar-refractivity contribution in [2.75, 3.05) is 37.6 Å². The highest BCUT2D eigenvalue weighted by molar-refractivity contribution is 5.94. The van der Waals surface area contributed by atoms with Crippen LogP contribution in [0.25, 0.3) is 0 Å². The summed E-state index contributed by atoms with van der Waals surface area (Å²) in [5.41, 5.74) is 1.84. The van der Waals surface area contributed by atoms with Gasteiger partial charge in [-0.1, -0.05) is 13.8 Å². The van der Waals surface area contributed by atoms with E-state index < -0.39 is 0 Å². The van der Waals surface area contributed by atoms with E-state index in [1.807, 2.05) is 29.2 Å². The van der Waals surface area contributed by atoms with Gasteiger partial charge >= 0.3 is 6.03 Å². The fourth-order valence-corrected chi connectivity index (χ4v) is 2.65. The summed E-state index contributed by atoms with van der Waals surface area (Å²) in [5.74, 6) is 0.685. The van der Waals surface area contributed by atoms with E-state index in [-0.39, 0.29) is 11.8 Å². The van der Waals surface area contributed by atoms with Crippen LogP contribution in [0.1, 0.15) is 37.6 Å². The summed E-state index contributed by atoms with van der Waals surface area (Å²) in [5, 5.41) is 2.99. The minimum atomic E-state index is 0.0391. The van der Waals surface area contributed by atoms with Gasteiger partial charge in [0.1, 0.15) is 0 Å². The van der Waals surface area contributed by atoms with E-state index in [0.29, 0.717) is 5.92 Å². The molecule has 2 rings (SSSR count). The molecule has 0 spiro atoms. The third kappa shape index (κ3) is 4.98. The van der Waals surface area contributed by atoms with E-state index in [1.54, 1.807) is 6.92 Å². The highest BCUT2D eigenvalue weighted by Gasteiger charge is 2.21. The Balaban J connectivity index is 1.81. The average molecular weight is 317 g/mol. The molecule has 0 saturated carbocycles. The molecule has 2 amide bonds. The summed E-state index contributed by atoms with van der Waals surface area (Å²) in [4.78, 5) is 27.5. The van der Waals surface area contributed by atoms with E-state index in [1.165, 1.54) is 0 Å². The van der Waals surface area contributed by atoms with Crippen molar-refractivity contribution < 1.29 is 9.59 Å². The summed E-state index contributed by atoms with van der Waals surface area (Å²) >= 11 is 0. The molecule has 23 heavy (non-hydrogen) atoms. The zero-order valence-corrected chi connectivity index (χ0v) is 14.3. The molecule has 1 aliphatic rings. The van der Waals surface area contributed by atoms with Crippen molar-refractivity contribution in [1.82, 2.24) is 10.2 Å². The van der Waals surface area contributed by atoms with Crippen molar-refractivity contribution in [1.29, 1.82) is 0 Å². The second kappa shape index (κ2) is 7.99. The van der Waals surface area contributed by atoms with Crippen molar-refractivity contribution in [3.05, 3.63) is 29.8 Å².